The first kappa shape index (κ1) is 14.5. The van der Waals surface area contributed by atoms with Gasteiger partial charge in [-0.3, -0.25) is 0 Å². The third kappa shape index (κ3) is 4.75. The van der Waals surface area contributed by atoms with Crippen LogP contribution in [0.3, 0.4) is 0 Å². The van der Waals surface area contributed by atoms with Crippen molar-refractivity contribution in [2.24, 2.45) is 4.99 Å². The summed E-state index contributed by atoms with van der Waals surface area (Å²) in [4.78, 5) is 4.36. The molecule has 0 fully saturated rings. The topological polar surface area (TPSA) is 36.4 Å². The SMILES string of the molecule is C=CCNC(=NCc1ccc(F)c(Cl)c1)NCC. The van der Waals surface area contributed by atoms with Gasteiger partial charge in [0.05, 0.1) is 11.6 Å². The molecule has 3 nitrogen and oxygen atoms in total. The number of aliphatic imine (C=N–C) groups is 1. The van der Waals surface area contributed by atoms with Crippen LogP contribution in [0.15, 0.2) is 35.8 Å². The highest BCUT2D eigenvalue weighted by Crippen LogP contribution is 2.16. The van der Waals surface area contributed by atoms with Crippen molar-refractivity contribution in [2.45, 2.75) is 13.5 Å². The van der Waals surface area contributed by atoms with Gasteiger partial charge in [-0.2, -0.15) is 0 Å². The molecular formula is C13H17ClFN3. The number of halogens is 2. The largest absolute Gasteiger partial charge is 0.357 e. The molecule has 2 N–H and O–H groups in total. The Morgan fingerprint density at radius 2 is 2.28 bits per heavy atom. The quantitative estimate of drug-likeness (QED) is 0.490. The molecule has 0 bridgehead atoms. The first-order chi connectivity index (χ1) is 8.67. The lowest BCUT2D eigenvalue weighted by Gasteiger charge is -2.09. The second-order valence-electron chi connectivity index (χ2n) is 3.61. The molecule has 0 aliphatic heterocycles. The van der Waals surface area contributed by atoms with E-state index < -0.39 is 5.82 Å². The minimum atomic E-state index is -0.416. The van der Waals surface area contributed by atoms with Gasteiger partial charge in [-0.05, 0) is 24.6 Å². The Kier molecular flexibility index (Phi) is 6.22. The Morgan fingerprint density at radius 3 is 2.89 bits per heavy atom. The van der Waals surface area contributed by atoms with E-state index in [2.05, 4.69) is 22.2 Å². The number of rotatable bonds is 5. The van der Waals surface area contributed by atoms with Gasteiger partial charge in [0.15, 0.2) is 5.96 Å². The van der Waals surface area contributed by atoms with E-state index in [0.29, 0.717) is 19.0 Å². The standard InChI is InChI=1S/C13H17ClFN3/c1-3-7-17-13(16-4-2)18-9-10-5-6-12(15)11(14)8-10/h3,5-6,8H,1,4,7,9H2,2H3,(H2,16,17,18). The van der Waals surface area contributed by atoms with Crippen LogP contribution in [-0.2, 0) is 6.54 Å². The second-order valence-corrected chi connectivity index (χ2v) is 4.02. The fraction of sp³-hybridized carbons (Fsp3) is 0.308. The van der Waals surface area contributed by atoms with Gasteiger partial charge in [0.2, 0.25) is 0 Å². The molecule has 0 aromatic heterocycles. The Morgan fingerprint density at radius 1 is 1.50 bits per heavy atom. The Hall–Kier alpha value is -1.55. The summed E-state index contributed by atoms with van der Waals surface area (Å²) in [5.74, 6) is 0.277. The summed E-state index contributed by atoms with van der Waals surface area (Å²) in [7, 11) is 0. The highest BCUT2D eigenvalue weighted by molar-refractivity contribution is 6.30. The van der Waals surface area contributed by atoms with E-state index in [1.165, 1.54) is 6.07 Å². The molecule has 0 aliphatic carbocycles. The zero-order valence-corrected chi connectivity index (χ0v) is 11.1. The molecule has 0 unspecified atom stereocenters. The Labute approximate surface area is 112 Å². The molecule has 0 saturated heterocycles. The van der Waals surface area contributed by atoms with Crippen molar-refractivity contribution in [2.75, 3.05) is 13.1 Å². The van der Waals surface area contributed by atoms with Crippen LogP contribution >= 0.6 is 11.6 Å². The van der Waals surface area contributed by atoms with Crippen LogP contribution in [0.5, 0.6) is 0 Å². The number of guanidine groups is 1. The molecule has 0 radical (unpaired) electrons. The van der Waals surface area contributed by atoms with Crippen LogP contribution in [0.1, 0.15) is 12.5 Å². The summed E-state index contributed by atoms with van der Waals surface area (Å²) in [6.45, 7) is 7.46. The highest BCUT2D eigenvalue weighted by Gasteiger charge is 2.01. The van der Waals surface area contributed by atoms with Gasteiger partial charge in [0, 0.05) is 13.1 Å². The molecule has 0 atom stereocenters. The van der Waals surface area contributed by atoms with Crippen molar-refractivity contribution >= 4 is 17.6 Å². The minimum Gasteiger partial charge on any atom is -0.357 e. The molecule has 1 aromatic rings. The first-order valence-corrected chi connectivity index (χ1v) is 6.12. The van der Waals surface area contributed by atoms with Crippen molar-refractivity contribution in [3.63, 3.8) is 0 Å². The molecule has 0 saturated carbocycles. The van der Waals surface area contributed by atoms with Crippen LogP contribution in [0, 0.1) is 5.82 Å². The maximum Gasteiger partial charge on any atom is 0.191 e. The number of nitrogens with one attached hydrogen (secondary N) is 2. The third-order valence-electron chi connectivity index (χ3n) is 2.16. The maximum absolute atomic E-state index is 13.0. The average molecular weight is 270 g/mol. The van der Waals surface area contributed by atoms with E-state index in [1.807, 2.05) is 6.92 Å². The van der Waals surface area contributed by atoms with Crippen LogP contribution in [0.2, 0.25) is 5.02 Å². The molecule has 0 heterocycles. The molecule has 1 rings (SSSR count). The molecule has 1 aromatic carbocycles. The monoisotopic (exact) mass is 269 g/mol. The van der Waals surface area contributed by atoms with Crippen LogP contribution < -0.4 is 10.6 Å². The predicted molar refractivity (Wildman–Crippen MR) is 74.4 cm³/mol. The number of hydrogen-bond donors (Lipinski definition) is 2. The van der Waals surface area contributed by atoms with Gasteiger partial charge in [-0.15, -0.1) is 6.58 Å². The van der Waals surface area contributed by atoms with Gasteiger partial charge in [0.25, 0.3) is 0 Å². The lowest BCUT2D eigenvalue weighted by atomic mass is 10.2. The third-order valence-corrected chi connectivity index (χ3v) is 2.45. The van der Waals surface area contributed by atoms with Crippen molar-refractivity contribution in [3.8, 4) is 0 Å². The van der Waals surface area contributed by atoms with Gasteiger partial charge >= 0.3 is 0 Å². The molecule has 0 aliphatic rings. The first-order valence-electron chi connectivity index (χ1n) is 5.74. The van der Waals surface area contributed by atoms with Crippen LogP contribution in [0.4, 0.5) is 4.39 Å². The summed E-state index contributed by atoms with van der Waals surface area (Å²) >= 11 is 5.71. The van der Waals surface area contributed by atoms with E-state index in [9.17, 15) is 4.39 Å². The molecule has 18 heavy (non-hydrogen) atoms. The summed E-state index contributed by atoms with van der Waals surface area (Å²) < 4.78 is 13.0. The molecule has 5 heteroatoms. The maximum atomic E-state index is 13.0. The summed E-state index contributed by atoms with van der Waals surface area (Å²) in [5.41, 5.74) is 0.859. The van der Waals surface area contributed by atoms with Crippen LogP contribution in [-0.4, -0.2) is 19.0 Å². The van der Waals surface area contributed by atoms with Crippen LogP contribution in [0.25, 0.3) is 0 Å². The van der Waals surface area contributed by atoms with E-state index in [1.54, 1.807) is 18.2 Å². The molecule has 98 valence electrons. The number of hydrogen-bond acceptors (Lipinski definition) is 1. The fourth-order valence-corrected chi connectivity index (χ4v) is 1.52. The normalized spacial score (nSPS) is 11.2. The van der Waals surface area contributed by atoms with Crippen molar-refractivity contribution in [1.29, 1.82) is 0 Å². The van der Waals surface area contributed by atoms with Crippen molar-refractivity contribution < 1.29 is 4.39 Å². The minimum absolute atomic E-state index is 0.117. The van der Waals surface area contributed by atoms with Crippen molar-refractivity contribution in [1.82, 2.24) is 10.6 Å². The number of benzene rings is 1. The zero-order chi connectivity index (χ0) is 13.4. The summed E-state index contributed by atoms with van der Waals surface area (Å²) in [6.07, 6.45) is 1.75. The van der Waals surface area contributed by atoms with Gasteiger partial charge in [-0.1, -0.05) is 23.7 Å². The lowest BCUT2D eigenvalue weighted by Crippen LogP contribution is -2.37. The zero-order valence-electron chi connectivity index (χ0n) is 10.3. The molecule has 0 amide bonds. The second kappa shape index (κ2) is 7.71. The average Bonchev–Trinajstić information content (AvgIpc) is 2.37. The summed E-state index contributed by atoms with van der Waals surface area (Å²) in [5, 5.41) is 6.30. The smallest absolute Gasteiger partial charge is 0.191 e. The summed E-state index contributed by atoms with van der Waals surface area (Å²) in [6, 6.07) is 4.59. The highest BCUT2D eigenvalue weighted by atomic mass is 35.5. The molecule has 0 spiro atoms. The van der Waals surface area contributed by atoms with E-state index >= 15 is 0 Å². The van der Waals surface area contributed by atoms with Crippen molar-refractivity contribution in [3.05, 3.63) is 47.3 Å². The lowest BCUT2D eigenvalue weighted by molar-refractivity contribution is 0.627. The Bertz CT molecular complexity index is 432. The predicted octanol–water partition coefficient (Wildman–Crippen LogP) is 2.72. The van der Waals surface area contributed by atoms with Gasteiger partial charge in [-0.25, -0.2) is 9.38 Å². The van der Waals surface area contributed by atoms with E-state index in [-0.39, 0.29) is 5.02 Å². The van der Waals surface area contributed by atoms with Gasteiger partial charge in [0.1, 0.15) is 5.82 Å². The van der Waals surface area contributed by atoms with E-state index in [0.717, 1.165) is 12.1 Å². The van der Waals surface area contributed by atoms with Gasteiger partial charge < -0.3 is 10.6 Å². The fourth-order valence-electron chi connectivity index (χ4n) is 1.32. The number of nitrogens with zero attached hydrogens (tertiary/aromatic N) is 1. The Balaban J connectivity index is 2.67. The molecular weight excluding hydrogens is 253 g/mol. The van der Waals surface area contributed by atoms with E-state index in [4.69, 9.17) is 11.6 Å².